The number of nitrogens with one attached hydrogen (secondary N) is 5. The number of rotatable bonds is 12. The zero-order valence-corrected chi connectivity index (χ0v) is 37.9. The van der Waals surface area contributed by atoms with Crippen LogP contribution in [0.2, 0.25) is 5.15 Å². The summed E-state index contributed by atoms with van der Waals surface area (Å²) in [6.45, 7) is 16.4. The molecule has 19 heteroatoms. The molecule has 7 N–H and O–H groups in total. The molecule has 16 nitrogen and oxygen atoms in total. The fourth-order valence-electron chi connectivity index (χ4n) is 4.83. The van der Waals surface area contributed by atoms with Crippen LogP contribution >= 0.6 is 34.3 Å². The third kappa shape index (κ3) is 18.5. The first kappa shape index (κ1) is 47.7. The predicted molar refractivity (Wildman–Crippen MR) is 246 cm³/mol. The van der Waals surface area contributed by atoms with Crippen LogP contribution in [0.15, 0.2) is 85.2 Å². The Hall–Kier alpha value is -5.95. The molecule has 61 heavy (non-hydrogen) atoms. The van der Waals surface area contributed by atoms with Crippen LogP contribution in [0, 0.1) is 13.8 Å². The maximum absolute atomic E-state index is 11.7. The van der Waals surface area contributed by atoms with Gasteiger partial charge in [0.25, 0.3) is 0 Å². The number of carbonyl (C=O) groups is 2. The van der Waals surface area contributed by atoms with Gasteiger partial charge >= 0.3 is 12.2 Å². The maximum atomic E-state index is 11.7. The zero-order valence-electron chi connectivity index (χ0n) is 35.5. The highest BCUT2D eigenvalue weighted by Gasteiger charge is 2.16. The minimum atomic E-state index is -0.516. The first-order chi connectivity index (χ1) is 28.9. The fourth-order valence-corrected chi connectivity index (χ4v) is 6.71. The van der Waals surface area contributed by atoms with Crippen molar-refractivity contribution < 1.29 is 19.1 Å². The summed E-state index contributed by atoms with van der Waals surface area (Å²) in [7, 11) is 0. The lowest BCUT2D eigenvalue weighted by atomic mass is 10.2. The second-order valence-corrected chi connectivity index (χ2v) is 17.4. The molecule has 0 saturated heterocycles. The summed E-state index contributed by atoms with van der Waals surface area (Å²) in [5.74, 6) is 3.22. The Morgan fingerprint density at radius 1 is 0.639 bits per heavy atom. The summed E-state index contributed by atoms with van der Waals surface area (Å²) < 4.78 is 10.1. The molecule has 2 aromatic carbocycles. The Balaban J connectivity index is 0.000000226. The van der Waals surface area contributed by atoms with E-state index in [0.717, 1.165) is 31.1 Å². The van der Waals surface area contributed by atoms with Crippen LogP contribution in [-0.2, 0) is 9.47 Å². The van der Waals surface area contributed by atoms with Gasteiger partial charge in [-0.25, -0.2) is 39.5 Å². The van der Waals surface area contributed by atoms with Gasteiger partial charge in [-0.15, -0.1) is 0 Å². The number of benzene rings is 2. The lowest BCUT2D eigenvalue weighted by Crippen LogP contribution is -2.35. The van der Waals surface area contributed by atoms with E-state index in [1.807, 2.05) is 103 Å². The van der Waals surface area contributed by atoms with E-state index in [-0.39, 0.29) is 0 Å². The second kappa shape index (κ2) is 23.2. The quantitative estimate of drug-likeness (QED) is 0.0499. The predicted octanol–water partition coefficient (Wildman–Crippen LogP) is 9.36. The summed E-state index contributed by atoms with van der Waals surface area (Å²) in [6.07, 6.45) is 2.84. The molecule has 0 fully saturated rings. The molecule has 0 saturated carbocycles. The molecule has 0 aliphatic carbocycles. The highest BCUT2D eigenvalue weighted by molar-refractivity contribution is 7.19. The number of hydrogen-bond donors (Lipinski definition) is 6. The van der Waals surface area contributed by atoms with E-state index in [9.17, 15) is 9.59 Å². The number of halogens is 1. The van der Waals surface area contributed by atoms with Crippen molar-refractivity contribution in [2.45, 2.75) is 66.6 Å². The lowest BCUT2D eigenvalue weighted by molar-refractivity contribution is 0.0518. The summed E-state index contributed by atoms with van der Waals surface area (Å²) in [5.41, 5.74) is 6.50. The summed E-state index contributed by atoms with van der Waals surface area (Å²) in [4.78, 5) is 50.6. The number of anilines is 5. The number of thiazole rings is 2. The van der Waals surface area contributed by atoms with Crippen LogP contribution in [0.4, 0.5) is 37.3 Å². The van der Waals surface area contributed by atoms with Gasteiger partial charge in [-0.1, -0.05) is 94.9 Å². The Morgan fingerprint density at radius 3 is 1.54 bits per heavy atom. The van der Waals surface area contributed by atoms with E-state index in [0.29, 0.717) is 60.4 Å². The van der Waals surface area contributed by atoms with Gasteiger partial charge in [0.05, 0.1) is 9.75 Å². The summed E-state index contributed by atoms with van der Waals surface area (Å²) >= 11 is 9.03. The lowest BCUT2D eigenvalue weighted by Gasteiger charge is -2.19. The van der Waals surface area contributed by atoms with Crippen LogP contribution in [-0.4, -0.2) is 79.5 Å². The van der Waals surface area contributed by atoms with E-state index in [2.05, 4.69) is 80.8 Å². The molecule has 4 aromatic heterocycles. The Labute approximate surface area is 369 Å². The molecule has 0 aliphatic heterocycles. The number of nitrogens with zero attached hydrogens (tertiary/aromatic N) is 6. The SMILES string of the molecule is CC(C)(C)OC(=O)NCCN.Cc1nc(Cl)cc(Nc2ncc(-c3ccccc3)s2)n1.Cc1nc(NCCNC(=O)OC(C)(C)C)cc(Nc2ncc(-c3ccccc3)s2)n1. The number of hydrogen-bond acceptors (Lipinski definition) is 16. The van der Waals surface area contributed by atoms with Gasteiger partial charge in [-0.2, -0.15) is 0 Å². The van der Waals surface area contributed by atoms with Crippen molar-refractivity contribution in [1.82, 2.24) is 40.5 Å². The van der Waals surface area contributed by atoms with Gasteiger partial charge in [-0.05, 0) is 66.5 Å². The number of aromatic nitrogens is 6. The van der Waals surface area contributed by atoms with Crippen molar-refractivity contribution in [1.29, 1.82) is 0 Å². The highest BCUT2D eigenvalue weighted by atomic mass is 35.5. The third-order valence-corrected chi connectivity index (χ3v) is 9.27. The Bertz CT molecular complexity index is 2260. The molecule has 2 amide bonds. The maximum Gasteiger partial charge on any atom is 0.407 e. The second-order valence-electron chi connectivity index (χ2n) is 14.9. The largest absolute Gasteiger partial charge is 0.444 e. The number of nitrogens with two attached hydrogens (primary N) is 1. The van der Waals surface area contributed by atoms with Crippen LogP contribution in [0.1, 0.15) is 53.2 Å². The average molecular weight is 890 g/mol. The van der Waals surface area contributed by atoms with E-state index in [1.165, 1.54) is 0 Å². The van der Waals surface area contributed by atoms with Crippen LogP contribution in [0.25, 0.3) is 20.9 Å². The molecule has 324 valence electrons. The van der Waals surface area contributed by atoms with Gasteiger partial charge in [0.2, 0.25) is 0 Å². The topological polar surface area (TPSA) is 216 Å². The molecule has 0 spiro atoms. The summed E-state index contributed by atoms with van der Waals surface area (Å²) in [6, 6.07) is 23.7. The number of carbonyl (C=O) groups excluding carboxylic acids is 2. The average Bonchev–Trinajstić information content (AvgIpc) is 3.85. The minimum absolute atomic E-state index is 0.410. The number of alkyl carbamates (subject to hydrolysis) is 2. The van der Waals surface area contributed by atoms with Gasteiger partial charge in [0.1, 0.15) is 45.5 Å². The van der Waals surface area contributed by atoms with Crippen LogP contribution in [0.3, 0.4) is 0 Å². The monoisotopic (exact) mass is 888 g/mol. The van der Waals surface area contributed by atoms with E-state index in [4.69, 9.17) is 26.8 Å². The van der Waals surface area contributed by atoms with Crippen molar-refractivity contribution in [3.63, 3.8) is 0 Å². The normalized spacial score (nSPS) is 10.9. The smallest absolute Gasteiger partial charge is 0.407 e. The van der Waals surface area contributed by atoms with Crippen molar-refractivity contribution in [3.8, 4) is 20.9 Å². The van der Waals surface area contributed by atoms with E-state index >= 15 is 0 Å². The zero-order chi connectivity index (χ0) is 44.4. The highest BCUT2D eigenvalue weighted by Crippen LogP contribution is 2.31. The van der Waals surface area contributed by atoms with E-state index < -0.39 is 23.4 Å². The molecule has 0 atom stereocenters. The van der Waals surface area contributed by atoms with Gasteiger partial charge < -0.3 is 41.8 Å². The molecule has 0 bridgehead atoms. The Kier molecular flexibility index (Phi) is 18.1. The third-order valence-electron chi connectivity index (χ3n) is 7.15. The van der Waals surface area contributed by atoms with Crippen molar-refractivity contribution in [3.05, 3.63) is 102 Å². The number of aryl methyl sites for hydroxylation is 2. The van der Waals surface area contributed by atoms with Crippen LogP contribution in [0.5, 0.6) is 0 Å². The van der Waals surface area contributed by atoms with Gasteiger partial charge in [0.15, 0.2) is 10.3 Å². The van der Waals surface area contributed by atoms with Crippen LogP contribution < -0.4 is 32.3 Å². The number of amides is 2. The molecular weight excluding hydrogens is 836 g/mol. The molecule has 0 radical (unpaired) electrons. The molecule has 0 unspecified atom stereocenters. The first-order valence-electron chi connectivity index (χ1n) is 19.3. The molecule has 6 aromatic rings. The molecule has 6 rings (SSSR count). The first-order valence-corrected chi connectivity index (χ1v) is 21.3. The van der Waals surface area contributed by atoms with E-state index in [1.54, 1.807) is 35.7 Å². The fraction of sp³-hybridized carbons (Fsp3) is 0.333. The standard InChI is InChI=1S/C21H26N6O2S.C14H11ClN4S.C7H16N2O2/c1-14-25-17(22-10-11-23-20(28)29-21(2,3)4)12-18(26-14)27-19-24-13-16(30-19)15-8-6-5-7-9-15;1-9-17-12(15)7-13(18-9)19-14-16-8-11(20-14)10-5-3-2-4-6-10;1-7(2,3)11-6(10)9-5-4-8/h5-9,12-13H,10-11H2,1-4H3,(H,23,28)(H2,22,24,25,26,27);2-8H,1H3,(H,16,17,18,19);4-5,8H2,1-3H3,(H,9,10). The van der Waals surface area contributed by atoms with Gasteiger partial charge in [0, 0.05) is 50.7 Å². The van der Waals surface area contributed by atoms with Crippen molar-refractivity contribution in [2.24, 2.45) is 5.73 Å². The van der Waals surface area contributed by atoms with Gasteiger partial charge in [-0.3, -0.25) is 0 Å². The molecule has 0 aliphatic rings. The summed E-state index contributed by atoms with van der Waals surface area (Å²) in [5, 5.41) is 16.7. The molecule has 4 heterocycles. The van der Waals surface area contributed by atoms with Crippen molar-refractivity contribution in [2.75, 3.05) is 42.1 Å². The minimum Gasteiger partial charge on any atom is -0.444 e. The molecular formula is C42H53ClN12O4S2. The Morgan fingerprint density at radius 2 is 1.08 bits per heavy atom. The number of ether oxygens (including phenoxy) is 2. The van der Waals surface area contributed by atoms with Crippen molar-refractivity contribution >= 4 is 74.2 Å².